The second-order valence-corrected chi connectivity index (χ2v) is 10.0. The van der Waals surface area contributed by atoms with Gasteiger partial charge in [-0.2, -0.15) is 0 Å². The van der Waals surface area contributed by atoms with Crippen LogP contribution in [0.4, 0.5) is 0 Å². The summed E-state index contributed by atoms with van der Waals surface area (Å²) in [5.41, 5.74) is 1.77. The Morgan fingerprint density at radius 2 is 2.00 bits per heavy atom. The lowest BCUT2D eigenvalue weighted by atomic mass is 9.94. The van der Waals surface area contributed by atoms with Gasteiger partial charge in [-0.25, -0.2) is 4.79 Å². The summed E-state index contributed by atoms with van der Waals surface area (Å²) in [6.07, 6.45) is 0.690. The summed E-state index contributed by atoms with van der Waals surface area (Å²) >= 11 is 3.46. The molecule has 0 spiro atoms. The highest BCUT2D eigenvalue weighted by Gasteiger charge is 2.44. The number of aryl methyl sites for hydroxylation is 1. The first-order valence-corrected chi connectivity index (χ1v) is 12.7. The highest BCUT2D eigenvalue weighted by Crippen LogP contribution is 2.40. The lowest BCUT2D eigenvalue weighted by Crippen LogP contribution is -3.14. The molecule has 2 aromatic rings. The molecule has 3 heterocycles. The van der Waals surface area contributed by atoms with Crippen LogP contribution in [0.25, 0.3) is 5.76 Å². The van der Waals surface area contributed by atoms with E-state index in [9.17, 15) is 19.5 Å². The molecule has 4 rings (SSSR count). The maximum atomic E-state index is 13.9. The Balaban J connectivity index is 1.75. The fourth-order valence-corrected chi connectivity index (χ4v) is 5.48. The van der Waals surface area contributed by atoms with Gasteiger partial charge in [-0.15, -0.1) is 0 Å². The van der Waals surface area contributed by atoms with Crippen LogP contribution in [0.2, 0.25) is 0 Å². The number of amides is 1. The molecular weight excluding hydrogens is 530 g/mol. The van der Waals surface area contributed by atoms with E-state index in [1.54, 1.807) is 13.8 Å². The van der Waals surface area contributed by atoms with Crippen LogP contribution in [-0.2, 0) is 19.1 Å². The highest BCUT2D eigenvalue weighted by molar-refractivity contribution is 9.10. The Hall–Kier alpha value is -2.95. The standard InChI is InChI=1S/C26H30BrN3O6/c1-15-19(16(2)28-21(15)26(34)35-3)23(31)20-22(17-6-4-7-18(27)14-17)30(25(33)24(20)32)9-5-8-29-10-12-36-13-11-29/h4,6-7,14,22,28,31H,5,8-13H2,1-3H3. The number of quaternary nitrogens is 1. The van der Waals surface area contributed by atoms with Gasteiger partial charge in [0, 0.05) is 28.7 Å². The van der Waals surface area contributed by atoms with Gasteiger partial charge in [0.1, 0.15) is 18.8 Å². The number of morpholine rings is 1. The first-order valence-electron chi connectivity index (χ1n) is 12.0. The van der Waals surface area contributed by atoms with Crippen molar-refractivity contribution in [2.24, 2.45) is 0 Å². The summed E-state index contributed by atoms with van der Waals surface area (Å²) in [6, 6.07) is 6.47. The van der Waals surface area contributed by atoms with Gasteiger partial charge in [0.25, 0.3) is 5.91 Å². The quantitative estimate of drug-likeness (QED) is 0.223. The number of esters is 1. The molecule has 10 heteroatoms. The van der Waals surface area contributed by atoms with E-state index in [1.165, 1.54) is 16.9 Å². The summed E-state index contributed by atoms with van der Waals surface area (Å²) < 4.78 is 11.0. The third kappa shape index (κ3) is 4.98. The third-order valence-electron chi connectivity index (χ3n) is 6.88. The summed E-state index contributed by atoms with van der Waals surface area (Å²) in [6.45, 7) is 7.72. The Morgan fingerprint density at radius 3 is 2.67 bits per heavy atom. The molecule has 0 radical (unpaired) electrons. The van der Waals surface area contributed by atoms with Crippen molar-refractivity contribution in [2.75, 3.05) is 46.5 Å². The van der Waals surface area contributed by atoms with E-state index >= 15 is 0 Å². The number of aromatic nitrogens is 1. The minimum absolute atomic E-state index is 0.0987. The fraction of sp³-hybridized carbons (Fsp3) is 0.423. The second-order valence-electron chi connectivity index (χ2n) is 9.11. The number of Topliss-reactive ketones (excluding diaryl/α,β-unsaturated/α-hetero) is 1. The van der Waals surface area contributed by atoms with Crippen molar-refractivity contribution < 1.29 is 33.9 Å². The highest BCUT2D eigenvalue weighted by atomic mass is 79.9. The van der Waals surface area contributed by atoms with Crippen molar-refractivity contribution in [2.45, 2.75) is 26.3 Å². The summed E-state index contributed by atoms with van der Waals surface area (Å²) in [5.74, 6) is -2.65. The third-order valence-corrected chi connectivity index (χ3v) is 7.37. The molecule has 1 unspecified atom stereocenters. The number of rotatable bonds is 7. The Morgan fingerprint density at radius 1 is 1.28 bits per heavy atom. The molecule has 1 aromatic heterocycles. The van der Waals surface area contributed by atoms with Crippen LogP contribution >= 0.6 is 15.9 Å². The van der Waals surface area contributed by atoms with Crippen LogP contribution < -0.4 is 10.0 Å². The number of likely N-dealkylation sites (tertiary alicyclic amines) is 1. The van der Waals surface area contributed by atoms with Gasteiger partial charge in [0.05, 0.1) is 32.9 Å². The van der Waals surface area contributed by atoms with Crippen molar-refractivity contribution >= 4 is 39.3 Å². The van der Waals surface area contributed by atoms with Gasteiger partial charge in [-0.1, -0.05) is 33.8 Å². The number of methoxy groups -OCH3 is 1. The number of nitrogens with zero attached hydrogens (tertiary/aromatic N) is 1. The van der Waals surface area contributed by atoms with Gasteiger partial charge in [0.2, 0.25) is 5.78 Å². The Bertz CT molecular complexity index is 1210. The fourth-order valence-electron chi connectivity index (χ4n) is 5.07. The summed E-state index contributed by atoms with van der Waals surface area (Å²) in [5, 5.41) is 13.9. The molecule has 2 aliphatic rings. The molecule has 2 N–H and O–H groups in total. The van der Waals surface area contributed by atoms with E-state index < -0.39 is 29.5 Å². The van der Waals surface area contributed by atoms with Crippen LogP contribution in [0.1, 0.15) is 45.3 Å². The monoisotopic (exact) mass is 559 g/mol. The lowest BCUT2D eigenvalue weighted by Gasteiger charge is -2.29. The molecule has 9 nitrogen and oxygen atoms in total. The molecular formula is C26H30BrN3O6. The first kappa shape index (κ1) is 26.1. The Kier molecular flexibility index (Phi) is 7.97. The van der Waals surface area contributed by atoms with Crippen LogP contribution in [0.5, 0.6) is 0 Å². The SMILES string of the molecule is COC(=O)c1[nH]c(C)c(C([O-])=C2C(=O)C(=O)N(CCC[NH+]3CCOCC3)C2c2cccc(Br)c2)c1C. The van der Waals surface area contributed by atoms with E-state index in [1.807, 2.05) is 24.3 Å². The number of halogens is 1. The van der Waals surface area contributed by atoms with Crippen molar-refractivity contribution in [3.63, 3.8) is 0 Å². The van der Waals surface area contributed by atoms with Gasteiger partial charge < -0.3 is 29.4 Å². The maximum absolute atomic E-state index is 13.9. The van der Waals surface area contributed by atoms with Gasteiger partial charge in [0.15, 0.2) is 0 Å². The molecule has 2 aliphatic heterocycles. The van der Waals surface area contributed by atoms with Gasteiger partial charge in [-0.3, -0.25) is 9.59 Å². The number of carbonyl (C=O) groups is 3. The van der Waals surface area contributed by atoms with E-state index in [-0.39, 0.29) is 16.8 Å². The van der Waals surface area contributed by atoms with Gasteiger partial charge in [-0.05, 0) is 42.7 Å². The number of aromatic amines is 1. The van der Waals surface area contributed by atoms with E-state index in [0.717, 1.165) is 24.1 Å². The van der Waals surface area contributed by atoms with E-state index in [2.05, 4.69) is 20.9 Å². The molecule has 0 bridgehead atoms. The largest absolute Gasteiger partial charge is 0.872 e. The zero-order chi connectivity index (χ0) is 26.0. The number of benzene rings is 1. The average Bonchev–Trinajstić information content (AvgIpc) is 3.31. The molecule has 2 saturated heterocycles. The van der Waals surface area contributed by atoms with Crippen molar-refractivity contribution in [3.8, 4) is 0 Å². The molecule has 1 aromatic carbocycles. The Labute approximate surface area is 218 Å². The summed E-state index contributed by atoms with van der Waals surface area (Å²) in [7, 11) is 1.26. The van der Waals surface area contributed by atoms with Crippen LogP contribution in [0.3, 0.4) is 0 Å². The number of hydrogen-bond donors (Lipinski definition) is 2. The maximum Gasteiger partial charge on any atom is 0.354 e. The molecule has 0 saturated carbocycles. The summed E-state index contributed by atoms with van der Waals surface area (Å²) in [4.78, 5) is 44.5. The predicted molar refractivity (Wildman–Crippen MR) is 133 cm³/mol. The van der Waals surface area contributed by atoms with Crippen molar-refractivity contribution in [3.05, 3.63) is 62.4 Å². The van der Waals surface area contributed by atoms with E-state index in [4.69, 9.17) is 9.47 Å². The number of ketones is 1. The van der Waals surface area contributed by atoms with Crippen molar-refractivity contribution in [1.82, 2.24) is 9.88 Å². The van der Waals surface area contributed by atoms with Crippen molar-refractivity contribution in [1.29, 1.82) is 0 Å². The molecule has 1 amide bonds. The zero-order valence-electron chi connectivity index (χ0n) is 20.6. The van der Waals surface area contributed by atoms with Gasteiger partial charge >= 0.3 is 5.97 Å². The molecule has 192 valence electrons. The number of carbonyl (C=O) groups excluding carboxylic acids is 3. The lowest BCUT2D eigenvalue weighted by molar-refractivity contribution is -0.908. The smallest absolute Gasteiger partial charge is 0.354 e. The van der Waals surface area contributed by atoms with E-state index in [0.29, 0.717) is 43.0 Å². The predicted octanol–water partition coefficient (Wildman–Crippen LogP) is 0.710. The number of nitrogens with one attached hydrogen (secondary N) is 2. The topological polar surface area (TPSA) is 116 Å². The number of H-pyrrole nitrogens is 1. The molecule has 1 atom stereocenters. The molecule has 2 fully saturated rings. The van der Waals surface area contributed by atoms with Crippen LogP contribution in [-0.4, -0.2) is 74.0 Å². The van der Waals surface area contributed by atoms with Crippen LogP contribution in [0, 0.1) is 13.8 Å². The molecule has 36 heavy (non-hydrogen) atoms. The zero-order valence-corrected chi connectivity index (χ0v) is 22.2. The average molecular weight is 560 g/mol. The number of hydrogen-bond acceptors (Lipinski definition) is 6. The second kappa shape index (κ2) is 11.0. The normalized spacial score (nSPS) is 20.2. The minimum atomic E-state index is -0.815. The minimum Gasteiger partial charge on any atom is -0.872 e. The first-order chi connectivity index (χ1) is 17.2. The number of ether oxygens (including phenoxy) is 2. The van der Waals surface area contributed by atoms with Crippen LogP contribution in [0.15, 0.2) is 34.3 Å². The molecule has 0 aliphatic carbocycles.